The molecule has 0 amide bonds. The molecule has 0 saturated carbocycles. The molecule has 0 radical (unpaired) electrons. The first-order chi connectivity index (χ1) is 11.9. The van der Waals surface area contributed by atoms with Gasteiger partial charge in [0.1, 0.15) is 0 Å². The fourth-order valence-electron chi connectivity index (χ4n) is 3.51. The van der Waals surface area contributed by atoms with Gasteiger partial charge in [-0.05, 0) is 47.6 Å². The van der Waals surface area contributed by atoms with Crippen LogP contribution in [0.3, 0.4) is 0 Å². The Morgan fingerprint density at radius 3 is 1.21 bits per heavy atom. The summed E-state index contributed by atoms with van der Waals surface area (Å²) >= 11 is 1.92. The molecule has 0 fully saturated rings. The van der Waals surface area contributed by atoms with Crippen LogP contribution in [0.1, 0.15) is 121 Å². The van der Waals surface area contributed by atoms with Crippen molar-refractivity contribution in [3.63, 3.8) is 0 Å². The van der Waals surface area contributed by atoms with Crippen molar-refractivity contribution in [3.05, 3.63) is 21.9 Å². The van der Waals surface area contributed by atoms with Gasteiger partial charge in [0.15, 0.2) is 0 Å². The molecule has 1 rings (SSSR count). The van der Waals surface area contributed by atoms with E-state index in [4.69, 9.17) is 0 Å². The van der Waals surface area contributed by atoms with Gasteiger partial charge < -0.3 is 0 Å². The fourth-order valence-corrected chi connectivity index (χ4v) is 4.45. The molecule has 1 heteroatoms. The molecule has 0 bridgehead atoms. The molecule has 0 unspecified atom stereocenters. The minimum atomic E-state index is 1.32. The van der Waals surface area contributed by atoms with Gasteiger partial charge in [-0.25, -0.2) is 0 Å². The lowest BCUT2D eigenvalue weighted by molar-refractivity contribution is 0.556. The van der Waals surface area contributed by atoms with Crippen LogP contribution in [0, 0.1) is 0 Å². The molecule has 0 saturated heterocycles. The lowest BCUT2D eigenvalue weighted by Crippen LogP contribution is -1.92. The Labute approximate surface area is 156 Å². The van der Waals surface area contributed by atoms with Crippen molar-refractivity contribution < 1.29 is 0 Å². The number of thiophene rings is 1. The van der Waals surface area contributed by atoms with Crippen LogP contribution in [0.2, 0.25) is 0 Å². The second kappa shape index (κ2) is 16.2. The van der Waals surface area contributed by atoms with Crippen molar-refractivity contribution in [2.24, 2.45) is 0 Å². The average Bonchev–Trinajstić information content (AvgIpc) is 3.04. The zero-order valence-electron chi connectivity index (χ0n) is 16.6. The standard InChI is InChI=1S/C23H42S/c1-3-5-7-9-10-11-12-13-15-17-19-23-21-24-20-22(23)18-16-14-8-6-4-2/h20-21H,3-19H2,1-2H3. The average molecular weight is 351 g/mol. The first kappa shape index (κ1) is 21.7. The molecule has 0 atom stereocenters. The molecule has 0 aliphatic carbocycles. The lowest BCUT2D eigenvalue weighted by Gasteiger charge is -2.05. The third kappa shape index (κ3) is 11.3. The normalized spacial score (nSPS) is 11.2. The Morgan fingerprint density at radius 2 is 0.833 bits per heavy atom. The SMILES string of the molecule is CCCCCCCCCCCCc1cscc1CCCCCCC. The quantitative estimate of drug-likeness (QED) is 0.246. The predicted molar refractivity (Wildman–Crippen MR) is 112 cm³/mol. The molecular formula is C23H42S. The van der Waals surface area contributed by atoms with Crippen molar-refractivity contribution in [1.82, 2.24) is 0 Å². The van der Waals surface area contributed by atoms with Gasteiger partial charge in [0.05, 0.1) is 0 Å². The van der Waals surface area contributed by atoms with Crippen LogP contribution in [-0.2, 0) is 12.8 Å². The molecule has 0 N–H and O–H groups in total. The molecule has 140 valence electrons. The predicted octanol–water partition coefficient (Wildman–Crippen LogP) is 8.72. The third-order valence-corrected chi connectivity index (χ3v) is 6.02. The molecule has 0 spiro atoms. The molecule has 0 aliphatic rings. The summed E-state index contributed by atoms with van der Waals surface area (Å²) in [5.41, 5.74) is 3.32. The van der Waals surface area contributed by atoms with E-state index in [1.165, 1.54) is 109 Å². The van der Waals surface area contributed by atoms with Crippen molar-refractivity contribution in [2.75, 3.05) is 0 Å². The van der Waals surface area contributed by atoms with Crippen molar-refractivity contribution >= 4 is 11.3 Å². The highest BCUT2D eigenvalue weighted by atomic mass is 32.1. The van der Waals surface area contributed by atoms with Gasteiger partial charge in [-0.3, -0.25) is 0 Å². The van der Waals surface area contributed by atoms with Gasteiger partial charge in [-0.1, -0.05) is 97.3 Å². The Morgan fingerprint density at radius 1 is 0.500 bits per heavy atom. The Kier molecular flexibility index (Phi) is 14.7. The summed E-state index contributed by atoms with van der Waals surface area (Å²) in [5, 5.41) is 4.82. The van der Waals surface area contributed by atoms with Crippen LogP contribution in [0.5, 0.6) is 0 Å². The molecular weight excluding hydrogens is 308 g/mol. The van der Waals surface area contributed by atoms with Gasteiger partial charge in [-0.2, -0.15) is 11.3 Å². The molecule has 1 aromatic heterocycles. The molecule has 1 aromatic rings. The fraction of sp³-hybridized carbons (Fsp3) is 0.826. The van der Waals surface area contributed by atoms with Crippen molar-refractivity contribution in [1.29, 1.82) is 0 Å². The molecule has 1 heterocycles. The number of aryl methyl sites for hydroxylation is 2. The minimum absolute atomic E-state index is 1.32. The third-order valence-electron chi connectivity index (χ3n) is 5.18. The Hall–Kier alpha value is -0.300. The highest BCUT2D eigenvalue weighted by Gasteiger charge is 2.04. The van der Waals surface area contributed by atoms with E-state index in [2.05, 4.69) is 24.6 Å². The highest BCUT2D eigenvalue weighted by molar-refractivity contribution is 7.08. The Balaban J connectivity index is 1.98. The zero-order valence-corrected chi connectivity index (χ0v) is 17.4. The zero-order chi connectivity index (χ0) is 17.3. The maximum Gasteiger partial charge on any atom is -0.00584 e. The van der Waals surface area contributed by atoms with Crippen LogP contribution in [-0.4, -0.2) is 0 Å². The van der Waals surface area contributed by atoms with Crippen LogP contribution >= 0.6 is 11.3 Å². The lowest BCUT2D eigenvalue weighted by atomic mass is 10.00. The summed E-state index contributed by atoms with van der Waals surface area (Å²) in [5.74, 6) is 0. The summed E-state index contributed by atoms with van der Waals surface area (Å²) in [7, 11) is 0. The van der Waals surface area contributed by atoms with Crippen molar-refractivity contribution in [3.8, 4) is 0 Å². The summed E-state index contributed by atoms with van der Waals surface area (Å²) in [6, 6.07) is 0. The minimum Gasteiger partial charge on any atom is -0.152 e. The van der Waals surface area contributed by atoms with E-state index in [1.54, 1.807) is 11.1 Å². The Bertz CT molecular complexity index is 366. The van der Waals surface area contributed by atoms with Crippen LogP contribution in [0.25, 0.3) is 0 Å². The van der Waals surface area contributed by atoms with Gasteiger partial charge in [0.2, 0.25) is 0 Å². The first-order valence-corrected chi connectivity index (χ1v) is 11.9. The summed E-state index contributed by atoms with van der Waals surface area (Å²) < 4.78 is 0. The van der Waals surface area contributed by atoms with E-state index in [0.29, 0.717) is 0 Å². The highest BCUT2D eigenvalue weighted by Crippen LogP contribution is 2.21. The molecule has 0 aromatic carbocycles. The van der Waals surface area contributed by atoms with Gasteiger partial charge in [0.25, 0.3) is 0 Å². The van der Waals surface area contributed by atoms with Crippen LogP contribution in [0.4, 0.5) is 0 Å². The number of hydrogen-bond donors (Lipinski definition) is 0. The van der Waals surface area contributed by atoms with Gasteiger partial charge in [0, 0.05) is 0 Å². The number of unbranched alkanes of at least 4 members (excludes halogenated alkanes) is 13. The summed E-state index contributed by atoms with van der Waals surface area (Å²) in [4.78, 5) is 0. The van der Waals surface area contributed by atoms with E-state index in [9.17, 15) is 0 Å². The molecule has 24 heavy (non-hydrogen) atoms. The molecule has 0 aliphatic heterocycles. The van der Waals surface area contributed by atoms with E-state index in [-0.39, 0.29) is 0 Å². The van der Waals surface area contributed by atoms with E-state index in [0.717, 1.165) is 0 Å². The van der Waals surface area contributed by atoms with E-state index < -0.39 is 0 Å². The maximum absolute atomic E-state index is 2.41. The van der Waals surface area contributed by atoms with E-state index in [1.807, 2.05) is 11.3 Å². The smallest absolute Gasteiger partial charge is 0.00584 e. The largest absolute Gasteiger partial charge is 0.152 e. The summed E-state index contributed by atoms with van der Waals surface area (Å²) in [6.07, 6.45) is 24.0. The van der Waals surface area contributed by atoms with Gasteiger partial charge in [-0.15, -0.1) is 0 Å². The number of hydrogen-bond acceptors (Lipinski definition) is 1. The second-order valence-corrected chi connectivity index (χ2v) is 8.26. The first-order valence-electron chi connectivity index (χ1n) is 10.9. The monoisotopic (exact) mass is 350 g/mol. The van der Waals surface area contributed by atoms with E-state index >= 15 is 0 Å². The van der Waals surface area contributed by atoms with Gasteiger partial charge >= 0.3 is 0 Å². The maximum atomic E-state index is 2.41. The molecule has 0 nitrogen and oxygen atoms in total. The topological polar surface area (TPSA) is 0 Å². The van der Waals surface area contributed by atoms with Crippen LogP contribution in [0.15, 0.2) is 10.8 Å². The van der Waals surface area contributed by atoms with Crippen molar-refractivity contribution in [2.45, 2.75) is 123 Å². The summed E-state index contributed by atoms with van der Waals surface area (Å²) in [6.45, 7) is 4.59. The van der Waals surface area contributed by atoms with Crippen LogP contribution < -0.4 is 0 Å². The second-order valence-electron chi connectivity index (χ2n) is 7.52. The number of rotatable bonds is 17.